The molecule has 24 heavy (non-hydrogen) atoms. The first-order chi connectivity index (χ1) is 11.3. The summed E-state index contributed by atoms with van der Waals surface area (Å²) in [6.45, 7) is 3.75. The largest absolute Gasteiger partial charge is 0.465 e. The topological polar surface area (TPSA) is 134 Å². The predicted octanol–water partition coefficient (Wildman–Crippen LogP) is 0.386. The van der Waals surface area contributed by atoms with Crippen LogP contribution >= 0.6 is 0 Å². The summed E-state index contributed by atoms with van der Waals surface area (Å²) in [5, 5.41) is 13.6. The molecule has 132 valence electrons. The number of carbonyl (C=O) groups is 3. The minimum absolute atomic E-state index is 0.100. The standard InChI is InChI=1S/C16H24N4O4/c1-10(2)8-12(19-16(23)24)14(21)18-13(15(22)20-17)9-11-6-4-3-5-7-11/h3-7,10,12-13,19H,8-9,17H2,1-2H3,(H,18,21)(H,20,22)(H,23,24)/t12-,13-/m0/s1. The Hall–Kier alpha value is -2.61. The molecule has 0 aromatic heterocycles. The lowest BCUT2D eigenvalue weighted by Gasteiger charge is -2.23. The summed E-state index contributed by atoms with van der Waals surface area (Å²) in [4.78, 5) is 35.2. The summed E-state index contributed by atoms with van der Waals surface area (Å²) in [6.07, 6.45) is -0.726. The zero-order valence-corrected chi connectivity index (χ0v) is 13.8. The summed E-state index contributed by atoms with van der Waals surface area (Å²) >= 11 is 0. The molecule has 0 aliphatic heterocycles. The van der Waals surface area contributed by atoms with Gasteiger partial charge in [-0.25, -0.2) is 10.6 Å². The van der Waals surface area contributed by atoms with Gasteiger partial charge in [-0.3, -0.25) is 15.0 Å². The first-order valence-corrected chi connectivity index (χ1v) is 7.67. The molecule has 8 nitrogen and oxygen atoms in total. The summed E-state index contributed by atoms with van der Waals surface area (Å²) < 4.78 is 0. The van der Waals surface area contributed by atoms with E-state index >= 15 is 0 Å². The highest BCUT2D eigenvalue weighted by atomic mass is 16.4. The van der Waals surface area contributed by atoms with Gasteiger partial charge in [-0.15, -0.1) is 0 Å². The highest BCUT2D eigenvalue weighted by Crippen LogP contribution is 2.07. The molecule has 0 unspecified atom stereocenters. The fourth-order valence-electron chi connectivity index (χ4n) is 2.28. The number of carboxylic acid groups (broad SMARTS) is 1. The van der Waals surface area contributed by atoms with Crippen molar-refractivity contribution in [3.8, 4) is 0 Å². The van der Waals surface area contributed by atoms with Crippen molar-refractivity contribution >= 4 is 17.9 Å². The molecule has 6 N–H and O–H groups in total. The summed E-state index contributed by atoms with van der Waals surface area (Å²) in [7, 11) is 0. The number of hydrazine groups is 1. The molecule has 0 fully saturated rings. The second-order valence-corrected chi connectivity index (χ2v) is 5.89. The molecule has 0 radical (unpaired) electrons. The molecular weight excluding hydrogens is 312 g/mol. The summed E-state index contributed by atoms with van der Waals surface area (Å²) in [6, 6.07) is 7.30. The summed E-state index contributed by atoms with van der Waals surface area (Å²) in [5.74, 6) is 4.17. The molecule has 0 saturated heterocycles. The Labute approximate surface area is 140 Å². The van der Waals surface area contributed by atoms with E-state index in [0.29, 0.717) is 6.42 Å². The fourth-order valence-corrected chi connectivity index (χ4v) is 2.28. The van der Waals surface area contributed by atoms with Crippen molar-refractivity contribution in [2.24, 2.45) is 11.8 Å². The Bertz CT molecular complexity index is 562. The molecule has 0 saturated carbocycles. The molecule has 3 amide bonds. The molecule has 1 aromatic carbocycles. The number of carbonyl (C=O) groups excluding carboxylic acids is 2. The van der Waals surface area contributed by atoms with Gasteiger partial charge in [0.05, 0.1) is 0 Å². The molecule has 0 heterocycles. The van der Waals surface area contributed by atoms with Crippen molar-refractivity contribution in [2.75, 3.05) is 0 Å². The molecule has 0 aliphatic carbocycles. The minimum Gasteiger partial charge on any atom is -0.465 e. The molecule has 1 aromatic rings. The van der Waals surface area contributed by atoms with E-state index in [0.717, 1.165) is 5.56 Å². The first-order valence-electron chi connectivity index (χ1n) is 7.67. The van der Waals surface area contributed by atoms with E-state index in [4.69, 9.17) is 10.9 Å². The minimum atomic E-state index is -1.29. The smallest absolute Gasteiger partial charge is 0.405 e. The van der Waals surface area contributed by atoms with Crippen LogP contribution in [0.1, 0.15) is 25.8 Å². The van der Waals surface area contributed by atoms with E-state index in [-0.39, 0.29) is 12.3 Å². The number of hydrogen-bond donors (Lipinski definition) is 5. The third-order valence-electron chi connectivity index (χ3n) is 3.38. The Morgan fingerprint density at radius 2 is 1.67 bits per heavy atom. The van der Waals surface area contributed by atoms with Crippen LogP contribution < -0.4 is 21.9 Å². The molecule has 0 aliphatic rings. The van der Waals surface area contributed by atoms with Gasteiger partial charge >= 0.3 is 6.09 Å². The quantitative estimate of drug-likeness (QED) is 0.266. The van der Waals surface area contributed by atoms with Crippen molar-refractivity contribution in [2.45, 2.75) is 38.8 Å². The molecule has 1 rings (SSSR count). The van der Waals surface area contributed by atoms with Crippen LogP contribution in [0, 0.1) is 5.92 Å². The number of nitrogens with two attached hydrogens (primary N) is 1. The number of hydrogen-bond acceptors (Lipinski definition) is 4. The van der Waals surface area contributed by atoms with Crippen LogP contribution in [-0.4, -0.2) is 35.1 Å². The van der Waals surface area contributed by atoms with E-state index in [1.807, 2.05) is 49.6 Å². The van der Waals surface area contributed by atoms with E-state index in [9.17, 15) is 14.4 Å². The summed E-state index contributed by atoms with van der Waals surface area (Å²) in [5.41, 5.74) is 2.87. The molecule has 0 spiro atoms. The van der Waals surface area contributed by atoms with Gasteiger partial charge < -0.3 is 15.7 Å². The average Bonchev–Trinajstić information content (AvgIpc) is 2.52. The van der Waals surface area contributed by atoms with Crippen LogP contribution in [0.3, 0.4) is 0 Å². The van der Waals surface area contributed by atoms with Crippen LogP contribution in [0.2, 0.25) is 0 Å². The van der Waals surface area contributed by atoms with Crippen LogP contribution in [0.4, 0.5) is 4.79 Å². The SMILES string of the molecule is CC(C)C[C@H](NC(=O)O)C(=O)N[C@@H](Cc1ccccc1)C(=O)NN. The van der Waals surface area contributed by atoms with Crippen LogP contribution in [-0.2, 0) is 16.0 Å². The van der Waals surface area contributed by atoms with E-state index in [1.165, 1.54) is 0 Å². The van der Waals surface area contributed by atoms with Gasteiger partial charge in [-0.2, -0.15) is 0 Å². The number of nitrogens with one attached hydrogen (secondary N) is 3. The maximum Gasteiger partial charge on any atom is 0.405 e. The second-order valence-electron chi connectivity index (χ2n) is 5.89. The monoisotopic (exact) mass is 336 g/mol. The van der Waals surface area contributed by atoms with Crippen molar-refractivity contribution in [1.29, 1.82) is 0 Å². The van der Waals surface area contributed by atoms with Crippen LogP contribution in [0.25, 0.3) is 0 Å². The van der Waals surface area contributed by atoms with Crippen molar-refractivity contribution < 1.29 is 19.5 Å². The molecule has 2 atom stereocenters. The lowest BCUT2D eigenvalue weighted by Crippen LogP contribution is -2.55. The molecular formula is C16H24N4O4. The fraction of sp³-hybridized carbons (Fsp3) is 0.438. The highest BCUT2D eigenvalue weighted by molar-refractivity contribution is 5.91. The number of amides is 3. The van der Waals surface area contributed by atoms with Gasteiger partial charge in [0.25, 0.3) is 5.91 Å². The number of rotatable bonds is 8. The second kappa shape index (κ2) is 9.51. The Kier molecular flexibility index (Phi) is 7.70. The Morgan fingerprint density at radius 3 is 2.17 bits per heavy atom. The highest BCUT2D eigenvalue weighted by Gasteiger charge is 2.27. The molecule has 8 heteroatoms. The third-order valence-corrected chi connectivity index (χ3v) is 3.38. The van der Waals surface area contributed by atoms with E-state index in [2.05, 4.69) is 10.6 Å². The Morgan fingerprint density at radius 1 is 1.04 bits per heavy atom. The predicted molar refractivity (Wildman–Crippen MR) is 88.8 cm³/mol. The van der Waals surface area contributed by atoms with Crippen LogP contribution in [0.5, 0.6) is 0 Å². The first kappa shape index (κ1) is 19.4. The maximum absolute atomic E-state index is 12.4. The Balaban J connectivity index is 2.84. The van der Waals surface area contributed by atoms with Gasteiger partial charge in [-0.1, -0.05) is 44.2 Å². The van der Waals surface area contributed by atoms with Gasteiger partial charge in [0, 0.05) is 6.42 Å². The van der Waals surface area contributed by atoms with Crippen molar-refractivity contribution in [3.05, 3.63) is 35.9 Å². The zero-order valence-electron chi connectivity index (χ0n) is 13.8. The third kappa shape index (κ3) is 6.66. The van der Waals surface area contributed by atoms with Crippen molar-refractivity contribution in [3.63, 3.8) is 0 Å². The van der Waals surface area contributed by atoms with Gasteiger partial charge in [0.1, 0.15) is 12.1 Å². The lowest BCUT2D eigenvalue weighted by atomic mass is 10.0. The van der Waals surface area contributed by atoms with Gasteiger partial charge in [-0.05, 0) is 17.9 Å². The van der Waals surface area contributed by atoms with Crippen LogP contribution in [0.15, 0.2) is 30.3 Å². The van der Waals surface area contributed by atoms with E-state index in [1.54, 1.807) is 0 Å². The van der Waals surface area contributed by atoms with Gasteiger partial charge in [0.15, 0.2) is 0 Å². The van der Waals surface area contributed by atoms with E-state index < -0.39 is 30.0 Å². The molecule has 0 bridgehead atoms. The lowest BCUT2D eigenvalue weighted by molar-refractivity contribution is -0.130. The maximum atomic E-state index is 12.4. The number of benzene rings is 1. The zero-order chi connectivity index (χ0) is 18.1. The van der Waals surface area contributed by atoms with Gasteiger partial charge in [0.2, 0.25) is 5.91 Å². The normalized spacial score (nSPS) is 13.0. The van der Waals surface area contributed by atoms with Crippen molar-refractivity contribution in [1.82, 2.24) is 16.1 Å². The average molecular weight is 336 g/mol.